The molecule has 0 aromatic carbocycles. The molecule has 5 heteroatoms. The quantitative estimate of drug-likeness (QED) is 0.762. The third-order valence-electron chi connectivity index (χ3n) is 2.66. The van der Waals surface area contributed by atoms with Crippen LogP contribution in [0, 0.1) is 0 Å². The summed E-state index contributed by atoms with van der Waals surface area (Å²) in [5.41, 5.74) is 0. The fourth-order valence-corrected chi connectivity index (χ4v) is 9.62. The molecule has 1 unspecified atom stereocenters. The Labute approximate surface area is 94.4 Å². The zero-order chi connectivity index (χ0) is 11.7. The van der Waals surface area contributed by atoms with Gasteiger partial charge in [-0.2, -0.15) is 0 Å². The van der Waals surface area contributed by atoms with Crippen LogP contribution >= 0.6 is 0 Å². The number of rotatable bonds is 4. The van der Waals surface area contributed by atoms with Gasteiger partial charge >= 0.3 is 0 Å². The van der Waals surface area contributed by atoms with Gasteiger partial charge in [0.15, 0.2) is 7.43 Å². The highest BCUT2D eigenvalue weighted by Gasteiger charge is 2.45. The molecule has 0 aliphatic heterocycles. The lowest BCUT2D eigenvalue weighted by molar-refractivity contribution is 0.303. The van der Waals surface area contributed by atoms with Crippen molar-refractivity contribution < 1.29 is 0 Å². The zero-order valence-corrected chi connectivity index (χ0v) is 13.7. The first-order valence-electron chi connectivity index (χ1n) is 5.34. The first-order chi connectivity index (χ1) is 6.01. The molecule has 0 aliphatic carbocycles. The highest BCUT2D eigenvalue weighted by molar-refractivity contribution is 7.55. The molecule has 0 heterocycles. The number of hydrogen-bond donors (Lipinski definition) is 1. The maximum atomic E-state index is 6.58. The molecule has 0 fully saturated rings. The van der Waals surface area contributed by atoms with Crippen molar-refractivity contribution in [1.29, 1.82) is 0 Å². The molecule has 2 nitrogen and oxygen atoms in total. The third-order valence-corrected chi connectivity index (χ3v) is 22.0. The molecule has 0 aromatic rings. The van der Waals surface area contributed by atoms with E-state index in [0.717, 1.165) is 0 Å². The van der Waals surface area contributed by atoms with Crippen LogP contribution in [-0.2, 0) is 0 Å². The Morgan fingerprint density at radius 3 is 1.36 bits per heavy atom. The molecule has 0 saturated carbocycles. The summed E-state index contributed by atoms with van der Waals surface area (Å²) in [6.45, 7) is 16.0. The summed E-state index contributed by atoms with van der Waals surface area (Å²) in [5, 5.41) is 6.58. The zero-order valence-electron chi connectivity index (χ0n) is 10.7. The van der Waals surface area contributed by atoms with Gasteiger partial charge in [0.2, 0.25) is 0 Å². The molecule has 3 radical (unpaired) electrons. The van der Waals surface area contributed by atoms with Crippen molar-refractivity contribution in [1.82, 2.24) is 4.57 Å². The standard InChI is InChI=1S/C9H25N2Si3/c1-8(2)11(9(3)4)14(10,12)13(5,6)7/h8-9H,10H2,1-7H3. The lowest BCUT2D eigenvalue weighted by Gasteiger charge is -2.48. The van der Waals surface area contributed by atoms with Gasteiger partial charge in [0.25, 0.3) is 0 Å². The van der Waals surface area contributed by atoms with Gasteiger partial charge in [0, 0.05) is 0 Å². The molecule has 0 amide bonds. The second-order valence-electron chi connectivity index (χ2n) is 5.61. The summed E-state index contributed by atoms with van der Waals surface area (Å²) in [7, 11) is 0.732. The Hall–Kier alpha value is 0.571. The van der Waals surface area contributed by atoms with E-state index < -0.39 is 15.0 Å². The SMILES string of the molecule is CC(C)N(C(C)C)[Si](N)([Si])[Si](C)(C)C. The van der Waals surface area contributed by atoms with E-state index in [1.807, 2.05) is 0 Å². The fourth-order valence-electron chi connectivity index (χ4n) is 1.80. The van der Waals surface area contributed by atoms with Crippen molar-refractivity contribution in [2.75, 3.05) is 0 Å². The van der Waals surface area contributed by atoms with Crippen LogP contribution in [0.1, 0.15) is 27.7 Å². The summed E-state index contributed by atoms with van der Waals surface area (Å²) in [6, 6.07) is 1.05. The Bertz CT molecular complexity index is 177. The van der Waals surface area contributed by atoms with Crippen molar-refractivity contribution in [2.24, 2.45) is 5.40 Å². The van der Waals surface area contributed by atoms with Crippen molar-refractivity contribution in [2.45, 2.75) is 59.4 Å². The topological polar surface area (TPSA) is 29.3 Å². The van der Waals surface area contributed by atoms with Gasteiger partial charge in [-0.15, -0.1) is 0 Å². The highest BCUT2D eigenvalue weighted by Crippen LogP contribution is 2.20. The maximum Gasteiger partial charge on any atom is 0.164 e. The molecule has 1 atom stereocenters. The molecule has 0 spiro atoms. The van der Waals surface area contributed by atoms with Gasteiger partial charge in [0.1, 0.15) is 0 Å². The smallest absolute Gasteiger partial charge is 0.164 e. The van der Waals surface area contributed by atoms with E-state index in [-0.39, 0.29) is 0 Å². The lowest BCUT2D eigenvalue weighted by Crippen LogP contribution is -2.78. The Kier molecular flexibility index (Phi) is 4.80. The number of nitrogens with two attached hydrogens (primary N) is 1. The summed E-state index contributed by atoms with van der Waals surface area (Å²) >= 11 is 0. The van der Waals surface area contributed by atoms with E-state index in [4.69, 9.17) is 5.40 Å². The minimum Gasteiger partial charge on any atom is -0.344 e. The van der Waals surface area contributed by atoms with Crippen LogP contribution in [0.5, 0.6) is 0 Å². The summed E-state index contributed by atoms with van der Waals surface area (Å²) in [4.78, 5) is 0. The molecular formula is C9H25N2Si3. The molecule has 14 heavy (non-hydrogen) atoms. The molecular weight excluding hydrogens is 220 g/mol. The molecule has 0 aliphatic rings. The molecule has 0 rings (SSSR count). The van der Waals surface area contributed by atoms with E-state index in [0.29, 0.717) is 12.1 Å². The molecule has 83 valence electrons. The van der Waals surface area contributed by atoms with E-state index in [2.05, 4.69) is 61.7 Å². The average Bonchev–Trinajstić information content (AvgIpc) is 1.79. The summed E-state index contributed by atoms with van der Waals surface area (Å²) < 4.78 is 2.50. The fraction of sp³-hybridized carbons (Fsp3) is 1.00. The second kappa shape index (κ2) is 4.61. The van der Waals surface area contributed by atoms with Crippen LogP contribution in [0.15, 0.2) is 0 Å². The third kappa shape index (κ3) is 3.03. The van der Waals surface area contributed by atoms with Gasteiger partial charge in [-0.3, -0.25) is 0 Å². The minimum absolute atomic E-state index is 0.524. The largest absolute Gasteiger partial charge is 0.344 e. The highest BCUT2D eigenvalue weighted by atomic mass is 29.6. The van der Waals surface area contributed by atoms with Crippen molar-refractivity contribution in [3.63, 3.8) is 0 Å². The van der Waals surface area contributed by atoms with Crippen LogP contribution in [-0.4, -0.2) is 41.4 Å². The normalized spacial score (nSPS) is 18.0. The lowest BCUT2D eigenvalue weighted by atomic mass is 10.3. The van der Waals surface area contributed by atoms with E-state index >= 15 is 0 Å². The van der Waals surface area contributed by atoms with Crippen LogP contribution in [0.2, 0.25) is 19.6 Å². The summed E-state index contributed by atoms with van der Waals surface area (Å²) in [5.74, 6) is 0. The van der Waals surface area contributed by atoms with Crippen molar-refractivity contribution in [3.8, 4) is 0 Å². The Morgan fingerprint density at radius 1 is 1.00 bits per heavy atom. The predicted molar refractivity (Wildman–Crippen MR) is 71.2 cm³/mol. The number of nitrogens with zero attached hydrogens (tertiary/aromatic N) is 1. The van der Waals surface area contributed by atoms with Gasteiger partial charge in [0.05, 0.1) is 17.4 Å². The Balaban J connectivity index is 5.01. The first-order valence-corrected chi connectivity index (χ1v) is 13.4. The van der Waals surface area contributed by atoms with Crippen molar-refractivity contribution in [3.05, 3.63) is 0 Å². The molecule has 2 N–H and O–H groups in total. The predicted octanol–water partition coefficient (Wildman–Crippen LogP) is 1.59. The minimum atomic E-state index is -1.88. The average molecular weight is 246 g/mol. The molecule has 0 aromatic heterocycles. The Morgan fingerprint density at radius 2 is 1.29 bits per heavy atom. The van der Waals surface area contributed by atoms with Crippen molar-refractivity contribution >= 4 is 24.8 Å². The molecule has 0 bridgehead atoms. The second-order valence-corrected chi connectivity index (χ2v) is 22.7. The van der Waals surface area contributed by atoms with Crippen LogP contribution in [0.25, 0.3) is 0 Å². The van der Waals surface area contributed by atoms with Gasteiger partial charge in [-0.1, -0.05) is 47.3 Å². The number of hydrogen-bond acceptors (Lipinski definition) is 2. The monoisotopic (exact) mass is 245 g/mol. The molecule has 0 saturated heterocycles. The van der Waals surface area contributed by atoms with Gasteiger partial charge in [-0.25, -0.2) is 0 Å². The summed E-state index contributed by atoms with van der Waals surface area (Å²) in [6.07, 6.45) is 0. The first kappa shape index (κ1) is 14.6. The van der Waals surface area contributed by atoms with Crippen LogP contribution < -0.4 is 5.40 Å². The van der Waals surface area contributed by atoms with Crippen LogP contribution in [0.3, 0.4) is 0 Å². The van der Waals surface area contributed by atoms with Crippen LogP contribution in [0.4, 0.5) is 0 Å². The van der Waals surface area contributed by atoms with E-state index in [9.17, 15) is 0 Å². The van der Waals surface area contributed by atoms with Gasteiger partial charge in [-0.05, 0) is 12.1 Å². The maximum absolute atomic E-state index is 6.58. The van der Waals surface area contributed by atoms with Gasteiger partial charge < -0.3 is 9.96 Å². The van der Waals surface area contributed by atoms with E-state index in [1.165, 1.54) is 0 Å². The van der Waals surface area contributed by atoms with E-state index in [1.54, 1.807) is 0 Å².